The number of carboxylic acid groups (broad SMARTS) is 1. The largest absolute Gasteiger partial charge is 0.479 e. The van der Waals surface area contributed by atoms with Gasteiger partial charge in [-0.2, -0.15) is 0 Å². The van der Waals surface area contributed by atoms with E-state index in [4.69, 9.17) is 42.6 Å². The molecule has 0 aromatic heterocycles. The van der Waals surface area contributed by atoms with Gasteiger partial charge in [-0.1, -0.05) is 66.2 Å². The highest BCUT2D eigenvalue weighted by atomic mass is 16.8. The summed E-state index contributed by atoms with van der Waals surface area (Å²) in [7, 11) is 0. The molecular formula is C58H92O26. The van der Waals surface area contributed by atoms with Crippen molar-refractivity contribution in [1.29, 1.82) is 0 Å². The van der Waals surface area contributed by atoms with Crippen LogP contribution in [0.5, 0.6) is 0 Å². The molecule has 8 fully saturated rings. The molecule has 30 atom stereocenters. The van der Waals surface area contributed by atoms with Crippen molar-refractivity contribution >= 4 is 11.9 Å². The molecule has 30 unspecified atom stereocenters. The lowest BCUT2D eigenvalue weighted by molar-refractivity contribution is -0.401. The summed E-state index contributed by atoms with van der Waals surface area (Å²) in [4.78, 5) is 26.6. The molecule has 9 aliphatic rings. The molecular weight excluding hydrogens is 1110 g/mol. The highest BCUT2D eigenvalue weighted by Crippen LogP contribution is 2.76. The van der Waals surface area contributed by atoms with E-state index in [9.17, 15) is 86.2 Å². The van der Waals surface area contributed by atoms with E-state index in [1.54, 1.807) is 19.9 Å². The number of rotatable bonds is 14. The van der Waals surface area contributed by atoms with Crippen molar-refractivity contribution < 1.29 is 129 Å². The summed E-state index contributed by atoms with van der Waals surface area (Å²) < 4.78 is 54.9. The second-order valence-corrected chi connectivity index (χ2v) is 27.5. The van der Waals surface area contributed by atoms with E-state index in [1.807, 2.05) is 20.8 Å². The first kappa shape index (κ1) is 66.0. The summed E-state index contributed by atoms with van der Waals surface area (Å²) in [5.41, 5.74) is -3.54. The number of allylic oxidation sites excluding steroid dienone is 2. The summed E-state index contributed by atoms with van der Waals surface area (Å²) in [5, 5.41) is 167. The van der Waals surface area contributed by atoms with Gasteiger partial charge in [-0.05, 0) is 98.2 Å². The Balaban J connectivity index is 1.04. The summed E-state index contributed by atoms with van der Waals surface area (Å²) in [6, 6.07) is 0. The minimum atomic E-state index is -2.25. The highest BCUT2D eigenvalue weighted by Gasteiger charge is 2.75. The first-order chi connectivity index (χ1) is 39.2. The van der Waals surface area contributed by atoms with E-state index >= 15 is 0 Å². The van der Waals surface area contributed by atoms with Gasteiger partial charge in [0.25, 0.3) is 0 Å². The van der Waals surface area contributed by atoms with Crippen molar-refractivity contribution in [2.24, 2.45) is 50.2 Å². The minimum absolute atomic E-state index is 0.121. The lowest BCUT2D eigenvalue weighted by atomic mass is 9.32. The van der Waals surface area contributed by atoms with Crippen LogP contribution in [-0.2, 0) is 52.2 Å². The molecule has 4 saturated heterocycles. The average molecular weight is 1210 g/mol. The third kappa shape index (κ3) is 10.6. The first-order valence-electron chi connectivity index (χ1n) is 29.5. The van der Waals surface area contributed by atoms with Gasteiger partial charge in [0.2, 0.25) is 0 Å². The number of aliphatic carboxylic acids is 1. The van der Waals surface area contributed by atoms with Gasteiger partial charge in [0, 0.05) is 11.0 Å². The summed E-state index contributed by atoms with van der Waals surface area (Å²) in [6.07, 6.45) is -33.9. The first-order valence-corrected chi connectivity index (χ1v) is 29.5. The summed E-state index contributed by atoms with van der Waals surface area (Å²) in [5.74, 6) is -3.04. The Hall–Kier alpha value is -2.46. The van der Waals surface area contributed by atoms with Gasteiger partial charge in [0.15, 0.2) is 31.3 Å². The average Bonchev–Trinajstić information content (AvgIpc) is 0.677. The number of ether oxygens (including phenoxy) is 9. The van der Waals surface area contributed by atoms with Crippen molar-refractivity contribution in [3.63, 3.8) is 0 Å². The van der Waals surface area contributed by atoms with E-state index in [-0.39, 0.29) is 18.3 Å². The SMILES string of the molecule is CC=C(C)C(=O)OC1CC(C)(C)CC2C3=CCC4C5(C)CCC(OC6OC(C(=O)O)C(O)C(OC7OCC(O)C(O)C7OC7OC(CO)C(O)C(O)C7O)C6OC6OC(CO)C(O)C(O)C6O)C(C)(C)C5CCC4(C)C3(C)C(O)C(O)C12CO. The van der Waals surface area contributed by atoms with Crippen molar-refractivity contribution in [2.75, 3.05) is 26.4 Å². The van der Waals surface area contributed by atoms with Gasteiger partial charge < -0.3 is 119 Å². The van der Waals surface area contributed by atoms with Gasteiger partial charge in [0.05, 0.1) is 50.2 Å². The van der Waals surface area contributed by atoms with Crippen LogP contribution in [0.2, 0.25) is 0 Å². The van der Waals surface area contributed by atoms with Crippen molar-refractivity contribution in [3.8, 4) is 0 Å². The van der Waals surface area contributed by atoms with E-state index in [2.05, 4.69) is 33.8 Å². The van der Waals surface area contributed by atoms with Crippen LogP contribution in [0.1, 0.15) is 107 Å². The molecule has 5 aliphatic carbocycles. The van der Waals surface area contributed by atoms with Crippen LogP contribution >= 0.6 is 0 Å². The fraction of sp³-hybridized carbons (Fsp3) is 0.897. The molecule has 0 aromatic rings. The zero-order valence-electron chi connectivity index (χ0n) is 49.1. The molecule has 4 saturated carbocycles. The Kier molecular flexibility index (Phi) is 18.9. The topological polar surface area (TPSA) is 421 Å². The molecule has 4 aliphatic heterocycles. The number of esters is 1. The van der Waals surface area contributed by atoms with Crippen molar-refractivity contribution in [3.05, 3.63) is 23.3 Å². The fourth-order valence-electron chi connectivity index (χ4n) is 17.1. The maximum absolute atomic E-state index is 13.5. The van der Waals surface area contributed by atoms with Crippen molar-refractivity contribution in [1.82, 2.24) is 0 Å². The molecule has 0 aromatic carbocycles. The standard InChI is InChI=1S/C58H92O26/c1-10-23(2)48(75)79-32-18-53(3,4)17-25-24-11-12-30-55(7)15-14-31(54(5,6)29(55)13-16-56(30,8)57(24,9)45(71)46(72)58(25,32)22-61)80-52-44(84-50-39(69)37(67)35(65)28(20-60)78-50)41(40(70)42(82-52)47(73)74)81-51-43(33(63)26(62)21-76-51)83-49-38(68)36(66)34(64)27(19-59)77-49/h10-11,25-46,49-52,59-72H,12-22H2,1-9H3,(H,73,74). The second kappa shape index (κ2) is 24.1. The normalized spacial score (nSPS) is 51.9. The number of carbonyl (C=O) groups excluding carboxylic acids is 1. The monoisotopic (exact) mass is 1200 g/mol. The quantitative estimate of drug-likeness (QED) is 0.0373. The predicted octanol–water partition coefficient (Wildman–Crippen LogP) is -2.40. The molecule has 0 bridgehead atoms. The second-order valence-electron chi connectivity index (χ2n) is 27.5. The van der Waals surface area contributed by atoms with Gasteiger partial charge in [-0.25, -0.2) is 9.59 Å². The molecule has 9 rings (SSSR count). The Morgan fingerprint density at radius 1 is 0.631 bits per heavy atom. The number of aliphatic hydroxyl groups is 14. The number of fused-ring (bicyclic) bond motifs is 7. The Labute approximate surface area is 487 Å². The minimum Gasteiger partial charge on any atom is -0.479 e. The van der Waals surface area contributed by atoms with Crippen molar-refractivity contribution in [2.45, 2.75) is 248 Å². The molecule has 0 amide bonds. The van der Waals surface area contributed by atoms with Crippen LogP contribution in [0.4, 0.5) is 0 Å². The number of carbonyl (C=O) groups is 2. The third-order valence-electron chi connectivity index (χ3n) is 22.2. The highest BCUT2D eigenvalue weighted by molar-refractivity contribution is 5.87. The van der Waals surface area contributed by atoms with Gasteiger partial charge in [-0.3, -0.25) is 0 Å². The zero-order valence-corrected chi connectivity index (χ0v) is 49.1. The maximum Gasteiger partial charge on any atom is 0.335 e. The molecule has 4 heterocycles. The van der Waals surface area contributed by atoms with E-state index in [1.165, 1.54) is 0 Å². The molecule has 15 N–H and O–H groups in total. The van der Waals surface area contributed by atoms with Gasteiger partial charge in [0.1, 0.15) is 91.6 Å². The predicted molar refractivity (Wildman–Crippen MR) is 285 cm³/mol. The number of hydrogen-bond acceptors (Lipinski definition) is 25. The Bertz CT molecular complexity index is 2420. The maximum atomic E-state index is 13.5. The summed E-state index contributed by atoms with van der Waals surface area (Å²) in [6.45, 7) is 15.0. The van der Waals surface area contributed by atoms with Crippen LogP contribution in [0.3, 0.4) is 0 Å². The lowest BCUT2D eigenvalue weighted by Gasteiger charge is -2.73. The summed E-state index contributed by atoms with van der Waals surface area (Å²) >= 11 is 0. The van der Waals surface area contributed by atoms with Crippen LogP contribution in [0.25, 0.3) is 0 Å². The van der Waals surface area contributed by atoms with E-state index in [0.717, 1.165) is 5.57 Å². The molecule has 26 heteroatoms. The molecule has 0 radical (unpaired) electrons. The van der Waals surface area contributed by atoms with Crippen LogP contribution in [0, 0.1) is 50.2 Å². The van der Waals surface area contributed by atoms with Gasteiger partial charge in [-0.15, -0.1) is 0 Å². The van der Waals surface area contributed by atoms with E-state index < -0.39 is 218 Å². The zero-order chi connectivity index (χ0) is 61.9. The number of carboxylic acids is 1. The Morgan fingerprint density at radius 3 is 1.77 bits per heavy atom. The fourth-order valence-corrected chi connectivity index (χ4v) is 17.1. The lowest BCUT2D eigenvalue weighted by Crippen LogP contribution is -2.74. The smallest absolute Gasteiger partial charge is 0.335 e. The van der Waals surface area contributed by atoms with E-state index in [0.29, 0.717) is 44.1 Å². The van der Waals surface area contributed by atoms with Crippen LogP contribution in [0.15, 0.2) is 23.3 Å². The molecule has 480 valence electrons. The number of hydrogen-bond donors (Lipinski definition) is 15. The molecule has 0 spiro atoms. The van der Waals surface area contributed by atoms with Crippen LogP contribution < -0.4 is 0 Å². The third-order valence-corrected chi connectivity index (χ3v) is 22.2. The van der Waals surface area contributed by atoms with Gasteiger partial charge >= 0.3 is 11.9 Å². The molecule has 26 nitrogen and oxygen atoms in total. The number of aliphatic hydroxyl groups excluding tert-OH is 14. The molecule has 84 heavy (non-hydrogen) atoms. The Morgan fingerprint density at radius 2 is 1.21 bits per heavy atom. The van der Waals surface area contributed by atoms with Crippen LogP contribution in [-0.4, -0.2) is 256 Å².